The van der Waals surface area contributed by atoms with E-state index in [1.807, 2.05) is 0 Å². The van der Waals surface area contributed by atoms with Crippen LogP contribution in [0.1, 0.15) is 12.3 Å². The summed E-state index contributed by atoms with van der Waals surface area (Å²) in [6, 6.07) is 7.09. The van der Waals surface area contributed by atoms with E-state index in [-0.39, 0.29) is 12.0 Å². The lowest BCUT2D eigenvalue weighted by atomic mass is 10.1. The standard InChI is InChI=1S/C14H14ClN3O3/c15-10-3-1-9(2-4-10)14-17-16-12(21-14)5-6-13(20)18-7-11(19)8-18/h1-4,11,19H,5-8H2. The molecule has 0 spiro atoms. The Bertz CT molecular complexity index is 635. The van der Waals surface area contributed by atoms with Gasteiger partial charge in [0.15, 0.2) is 0 Å². The number of rotatable bonds is 4. The number of aliphatic hydroxyl groups is 1. The molecule has 1 saturated heterocycles. The minimum Gasteiger partial charge on any atom is -0.421 e. The highest BCUT2D eigenvalue weighted by Gasteiger charge is 2.28. The first kappa shape index (κ1) is 14.0. The Balaban J connectivity index is 1.58. The Morgan fingerprint density at radius 3 is 2.71 bits per heavy atom. The molecule has 6 nitrogen and oxygen atoms in total. The zero-order valence-corrected chi connectivity index (χ0v) is 12.0. The van der Waals surface area contributed by atoms with Crippen LogP contribution in [0.4, 0.5) is 0 Å². The van der Waals surface area contributed by atoms with Gasteiger partial charge in [-0.25, -0.2) is 0 Å². The van der Waals surface area contributed by atoms with E-state index in [2.05, 4.69) is 10.2 Å². The van der Waals surface area contributed by atoms with Crippen molar-refractivity contribution >= 4 is 17.5 Å². The molecular formula is C14H14ClN3O3. The van der Waals surface area contributed by atoms with Gasteiger partial charge in [-0.05, 0) is 24.3 Å². The topological polar surface area (TPSA) is 79.5 Å². The molecule has 2 heterocycles. The van der Waals surface area contributed by atoms with Crippen molar-refractivity contribution in [2.75, 3.05) is 13.1 Å². The third kappa shape index (κ3) is 3.22. The number of carbonyl (C=O) groups excluding carboxylic acids is 1. The normalized spacial score (nSPS) is 15.0. The van der Waals surface area contributed by atoms with Crippen molar-refractivity contribution in [1.29, 1.82) is 0 Å². The average molecular weight is 308 g/mol. The molecule has 3 rings (SSSR count). The van der Waals surface area contributed by atoms with Gasteiger partial charge in [0, 0.05) is 36.5 Å². The van der Waals surface area contributed by atoms with Crippen molar-refractivity contribution in [3.05, 3.63) is 35.2 Å². The second-order valence-corrected chi connectivity index (χ2v) is 5.40. The van der Waals surface area contributed by atoms with Crippen LogP contribution in [0.25, 0.3) is 11.5 Å². The first-order valence-corrected chi connectivity index (χ1v) is 7.04. The number of aliphatic hydroxyl groups excluding tert-OH is 1. The van der Waals surface area contributed by atoms with Gasteiger partial charge in [-0.1, -0.05) is 11.6 Å². The summed E-state index contributed by atoms with van der Waals surface area (Å²) < 4.78 is 5.53. The van der Waals surface area contributed by atoms with Crippen LogP contribution < -0.4 is 0 Å². The van der Waals surface area contributed by atoms with Crippen LogP contribution in [0.2, 0.25) is 5.02 Å². The summed E-state index contributed by atoms with van der Waals surface area (Å²) in [6.45, 7) is 0.831. The fourth-order valence-electron chi connectivity index (χ4n) is 2.09. The van der Waals surface area contributed by atoms with E-state index in [9.17, 15) is 4.79 Å². The number of halogens is 1. The van der Waals surface area contributed by atoms with Crippen LogP contribution in [-0.2, 0) is 11.2 Å². The Hall–Kier alpha value is -1.92. The SMILES string of the molecule is O=C(CCc1nnc(-c2ccc(Cl)cc2)o1)N1CC(O)C1. The van der Waals surface area contributed by atoms with Gasteiger partial charge in [0.2, 0.25) is 17.7 Å². The smallest absolute Gasteiger partial charge is 0.247 e. The van der Waals surface area contributed by atoms with Crippen molar-refractivity contribution in [3.8, 4) is 11.5 Å². The van der Waals surface area contributed by atoms with E-state index in [4.69, 9.17) is 21.1 Å². The summed E-state index contributed by atoms with van der Waals surface area (Å²) in [6.07, 6.45) is 0.315. The first-order chi connectivity index (χ1) is 10.1. The Morgan fingerprint density at radius 1 is 1.33 bits per heavy atom. The average Bonchev–Trinajstić information content (AvgIpc) is 2.91. The van der Waals surface area contributed by atoms with E-state index in [0.29, 0.717) is 42.7 Å². The highest BCUT2D eigenvalue weighted by Crippen LogP contribution is 2.20. The minimum atomic E-state index is -0.381. The molecule has 110 valence electrons. The summed E-state index contributed by atoms with van der Waals surface area (Å²) in [7, 11) is 0. The molecular weight excluding hydrogens is 294 g/mol. The largest absolute Gasteiger partial charge is 0.421 e. The maximum atomic E-state index is 11.8. The van der Waals surface area contributed by atoms with Crippen LogP contribution in [-0.4, -0.2) is 45.3 Å². The van der Waals surface area contributed by atoms with E-state index >= 15 is 0 Å². The Kier molecular flexibility index (Phi) is 3.90. The first-order valence-electron chi connectivity index (χ1n) is 6.66. The highest BCUT2D eigenvalue weighted by atomic mass is 35.5. The van der Waals surface area contributed by atoms with Gasteiger partial charge in [-0.15, -0.1) is 10.2 Å². The van der Waals surface area contributed by atoms with E-state index in [1.165, 1.54) is 0 Å². The summed E-state index contributed by atoms with van der Waals surface area (Å²) in [5.74, 6) is 0.828. The quantitative estimate of drug-likeness (QED) is 0.926. The zero-order chi connectivity index (χ0) is 14.8. The molecule has 0 saturated carbocycles. The number of likely N-dealkylation sites (tertiary alicyclic amines) is 1. The lowest BCUT2D eigenvalue weighted by molar-refractivity contribution is -0.141. The molecule has 2 aromatic rings. The number of aromatic nitrogens is 2. The van der Waals surface area contributed by atoms with Crippen LogP contribution in [0.15, 0.2) is 28.7 Å². The zero-order valence-electron chi connectivity index (χ0n) is 11.2. The molecule has 1 N–H and O–H groups in total. The molecule has 0 atom stereocenters. The van der Waals surface area contributed by atoms with Gasteiger partial charge >= 0.3 is 0 Å². The number of β-amino-alcohol motifs (C(OH)–C–C–N with tert-alkyl or cyclic N) is 1. The molecule has 0 unspecified atom stereocenters. The summed E-state index contributed by atoms with van der Waals surface area (Å²) >= 11 is 5.82. The van der Waals surface area contributed by atoms with Crippen LogP contribution in [0, 0.1) is 0 Å². The number of amides is 1. The van der Waals surface area contributed by atoms with Gasteiger partial charge in [0.1, 0.15) is 0 Å². The number of hydrogen-bond acceptors (Lipinski definition) is 5. The van der Waals surface area contributed by atoms with Gasteiger partial charge in [-0.2, -0.15) is 0 Å². The maximum Gasteiger partial charge on any atom is 0.247 e. The van der Waals surface area contributed by atoms with Gasteiger partial charge in [-0.3, -0.25) is 4.79 Å². The van der Waals surface area contributed by atoms with Gasteiger partial charge in [0.05, 0.1) is 6.10 Å². The van der Waals surface area contributed by atoms with E-state index < -0.39 is 0 Å². The number of carbonyl (C=O) groups is 1. The van der Waals surface area contributed by atoms with E-state index in [0.717, 1.165) is 5.56 Å². The van der Waals surface area contributed by atoms with E-state index in [1.54, 1.807) is 29.2 Å². The van der Waals surface area contributed by atoms with Crippen molar-refractivity contribution < 1.29 is 14.3 Å². The second kappa shape index (κ2) is 5.83. The molecule has 1 aliphatic rings. The predicted octanol–water partition coefficient (Wildman–Crippen LogP) is 1.53. The summed E-state index contributed by atoms with van der Waals surface area (Å²) in [5, 5.41) is 17.7. The molecule has 1 amide bonds. The van der Waals surface area contributed by atoms with Crippen LogP contribution >= 0.6 is 11.6 Å². The third-order valence-corrected chi connectivity index (χ3v) is 3.58. The van der Waals surface area contributed by atoms with Crippen molar-refractivity contribution in [2.24, 2.45) is 0 Å². The monoisotopic (exact) mass is 307 g/mol. The maximum absolute atomic E-state index is 11.8. The molecule has 21 heavy (non-hydrogen) atoms. The molecule has 0 radical (unpaired) electrons. The number of nitrogens with zero attached hydrogens (tertiary/aromatic N) is 3. The number of hydrogen-bond donors (Lipinski definition) is 1. The molecule has 1 aromatic heterocycles. The molecule has 1 aliphatic heterocycles. The summed E-state index contributed by atoms with van der Waals surface area (Å²) in [5.41, 5.74) is 0.787. The fraction of sp³-hybridized carbons (Fsp3) is 0.357. The highest BCUT2D eigenvalue weighted by molar-refractivity contribution is 6.30. The van der Waals surface area contributed by atoms with Gasteiger partial charge in [0.25, 0.3) is 0 Å². The van der Waals surface area contributed by atoms with Crippen molar-refractivity contribution in [1.82, 2.24) is 15.1 Å². The summed E-state index contributed by atoms with van der Waals surface area (Å²) in [4.78, 5) is 13.4. The molecule has 1 fully saturated rings. The van der Waals surface area contributed by atoms with Crippen LogP contribution in [0.3, 0.4) is 0 Å². The lowest BCUT2D eigenvalue weighted by Gasteiger charge is -2.35. The van der Waals surface area contributed by atoms with Crippen molar-refractivity contribution in [2.45, 2.75) is 18.9 Å². The molecule has 0 bridgehead atoms. The Morgan fingerprint density at radius 2 is 2.05 bits per heavy atom. The van der Waals surface area contributed by atoms with Crippen molar-refractivity contribution in [3.63, 3.8) is 0 Å². The molecule has 0 aliphatic carbocycles. The number of aryl methyl sites for hydroxylation is 1. The predicted molar refractivity (Wildman–Crippen MR) is 75.7 cm³/mol. The Labute approximate surface area is 126 Å². The van der Waals surface area contributed by atoms with Gasteiger partial charge < -0.3 is 14.4 Å². The second-order valence-electron chi connectivity index (χ2n) is 4.96. The molecule has 1 aromatic carbocycles. The fourth-order valence-corrected chi connectivity index (χ4v) is 2.22. The third-order valence-electron chi connectivity index (χ3n) is 3.33. The van der Waals surface area contributed by atoms with Crippen LogP contribution in [0.5, 0.6) is 0 Å². The lowest BCUT2D eigenvalue weighted by Crippen LogP contribution is -2.53. The molecule has 7 heteroatoms. The number of benzene rings is 1. The minimum absolute atomic E-state index is 0.00783.